The van der Waals surface area contributed by atoms with Crippen molar-refractivity contribution in [3.63, 3.8) is 0 Å². The van der Waals surface area contributed by atoms with Gasteiger partial charge in [-0.15, -0.1) is 0 Å². The molecule has 2 fully saturated rings. The summed E-state index contributed by atoms with van der Waals surface area (Å²) in [5, 5.41) is 0. The summed E-state index contributed by atoms with van der Waals surface area (Å²) < 4.78 is 28.0. The van der Waals surface area contributed by atoms with Gasteiger partial charge >= 0.3 is 0 Å². The van der Waals surface area contributed by atoms with Crippen molar-refractivity contribution in [1.29, 1.82) is 0 Å². The van der Waals surface area contributed by atoms with Crippen LogP contribution < -0.4 is 0 Å². The third-order valence-corrected chi connectivity index (χ3v) is 11.2. The van der Waals surface area contributed by atoms with E-state index in [-0.39, 0.29) is 5.91 Å². The van der Waals surface area contributed by atoms with Crippen LogP contribution in [0.5, 0.6) is 0 Å². The highest BCUT2D eigenvalue weighted by Crippen LogP contribution is 2.38. The Balaban J connectivity index is 1.09. The summed E-state index contributed by atoms with van der Waals surface area (Å²) in [6.45, 7) is 8.10. The number of likely N-dealkylation sites (tertiary alicyclic amines) is 1. The Labute approximate surface area is 249 Å². The molecule has 2 aromatic carbocycles. The number of aryl methyl sites for hydroxylation is 2. The summed E-state index contributed by atoms with van der Waals surface area (Å²) >= 11 is 0. The van der Waals surface area contributed by atoms with Crippen molar-refractivity contribution in [3.05, 3.63) is 101 Å². The zero-order valence-corrected chi connectivity index (χ0v) is 25.2. The number of hydrogen-bond acceptors (Lipinski definition) is 6. The number of fused-ring (bicyclic) bond motifs is 1. The van der Waals surface area contributed by atoms with E-state index < -0.39 is 10.0 Å². The number of sulfonamides is 1. The van der Waals surface area contributed by atoms with Gasteiger partial charge < -0.3 is 9.80 Å². The lowest BCUT2D eigenvalue weighted by Gasteiger charge is -2.36. The van der Waals surface area contributed by atoms with Gasteiger partial charge in [0.1, 0.15) is 6.33 Å². The van der Waals surface area contributed by atoms with E-state index in [4.69, 9.17) is 0 Å². The topological polar surface area (TPSA) is 86.7 Å². The van der Waals surface area contributed by atoms with Gasteiger partial charge in [0.25, 0.3) is 5.91 Å². The Hall–Kier alpha value is -3.56. The SMILES string of the molecule is Cc1ncnc(C)c1C(=O)N1CC2=CN(CCC(c3ccccc3)C3CCN(S(=O)(=O)c4ccccc4)CC3)CC2C1. The van der Waals surface area contributed by atoms with Crippen LogP contribution >= 0.6 is 0 Å². The monoisotopic (exact) mass is 585 g/mol. The van der Waals surface area contributed by atoms with E-state index in [2.05, 4.69) is 51.4 Å². The zero-order chi connectivity index (χ0) is 29.3. The molecule has 1 aromatic heterocycles. The fourth-order valence-electron chi connectivity index (χ4n) is 7.00. The summed E-state index contributed by atoms with van der Waals surface area (Å²) in [5.74, 6) is 1.18. The molecular weight excluding hydrogens is 546 g/mol. The van der Waals surface area contributed by atoms with Crippen LogP contribution in [0.25, 0.3) is 0 Å². The number of benzene rings is 2. The quantitative estimate of drug-likeness (QED) is 0.383. The highest BCUT2D eigenvalue weighted by molar-refractivity contribution is 7.89. The molecule has 3 aromatic rings. The highest BCUT2D eigenvalue weighted by Gasteiger charge is 2.38. The molecule has 220 valence electrons. The van der Waals surface area contributed by atoms with Crippen molar-refractivity contribution < 1.29 is 13.2 Å². The van der Waals surface area contributed by atoms with Gasteiger partial charge in [-0.05, 0) is 68.2 Å². The van der Waals surface area contributed by atoms with Gasteiger partial charge in [-0.25, -0.2) is 18.4 Å². The Bertz CT molecular complexity index is 1530. The lowest BCUT2D eigenvalue weighted by Crippen LogP contribution is -2.40. The molecule has 0 spiro atoms. The molecule has 0 saturated carbocycles. The molecule has 42 heavy (non-hydrogen) atoms. The molecule has 9 heteroatoms. The first-order valence-electron chi connectivity index (χ1n) is 14.9. The van der Waals surface area contributed by atoms with E-state index in [9.17, 15) is 13.2 Å². The average molecular weight is 586 g/mol. The maximum atomic E-state index is 13.3. The molecule has 0 aliphatic carbocycles. The summed E-state index contributed by atoms with van der Waals surface area (Å²) in [6, 6.07) is 19.5. The molecule has 3 aliphatic rings. The van der Waals surface area contributed by atoms with Crippen LogP contribution in [-0.4, -0.2) is 77.7 Å². The van der Waals surface area contributed by atoms with Crippen molar-refractivity contribution in [2.45, 2.75) is 43.9 Å². The first kappa shape index (κ1) is 28.6. The fourth-order valence-corrected chi connectivity index (χ4v) is 8.49. The summed E-state index contributed by atoms with van der Waals surface area (Å²) in [4.78, 5) is 26.5. The maximum absolute atomic E-state index is 13.3. The minimum atomic E-state index is -3.46. The van der Waals surface area contributed by atoms with E-state index in [1.165, 1.54) is 17.5 Å². The van der Waals surface area contributed by atoms with Crippen LogP contribution in [0.2, 0.25) is 0 Å². The molecular formula is C33H39N5O3S. The standard InChI is InChI=1S/C33H39N5O3S/c1-24-32(25(2)35-23-34-24)33(39)37-21-28-19-36(20-29(28)22-37)16-15-31(26-9-5-3-6-10-26)27-13-17-38(18-14-27)42(40,41)30-11-7-4-8-12-30/h3-12,19,23,27,29,31H,13-18,20-22H2,1-2H3. The number of carbonyl (C=O) groups excluding carboxylic acids is 1. The normalized spacial score (nSPS) is 20.4. The number of hydrogen-bond donors (Lipinski definition) is 0. The predicted octanol–water partition coefficient (Wildman–Crippen LogP) is 4.64. The second-order valence-corrected chi connectivity index (χ2v) is 13.8. The van der Waals surface area contributed by atoms with Gasteiger partial charge in [0, 0.05) is 51.4 Å². The first-order valence-corrected chi connectivity index (χ1v) is 16.4. The van der Waals surface area contributed by atoms with Gasteiger partial charge in [-0.1, -0.05) is 48.5 Å². The Kier molecular flexibility index (Phi) is 8.14. The number of nitrogens with zero attached hydrogens (tertiary/aromatic N) is 5. The van der Waals surface area contributed by atoms with Crippen LogP contribution in [0.15, 0.2) is 83.7 Å². The lowest BCUT2D eigenvalue weighted by molar-refractivity contribution is 0.0782. The molecule has 0 N–H and O–H groups in total. The minimum absolute atomic E-state index is 0.0252. The molecule has 1 amide bonds. The molecule has 2 unspecified atom stereocenters. The molecule has 6 rings (SSSR count). The summed E-state index contributed by atoms with van der Waals surface area (Å²) in [7, 11) is -3.46. The minimum Gasteiger partial charge on any atom is -0.377 e. The van der Waals surface area contributed by atoms with Crippen LogP contribution in [0.1, 0.15) is 52.5 Å². The maximum Gasteiger partial charge on any atom is 0.257 e. The van der Waals surface area contributed by atoms with Crippen LogP contribution in [-0.2, 0) is 10.0 Å². The number of carbonyl (C=O) groups is 1. The molecule has 2 saturated heterocycles. The van der Waals surface area contributed by atoms with Crippen LogP contribution in [0.3, 0.4) is 0 Å². The average Bonchev–Trinajstić information content (AvgIpc) is 3.58. The largest absolute Gasteiger partial charge is 0.377 e. The van der Waals surface area contributed by atoms with Crippen molar-refractivity contribution in [3.8, 4) is 0 Å². The first-order chi connectivity index (χ1) is 20.3. The summed E-state index contributed by atoms with van der Waals surface area (Å²) in [5.41, 5.74) is 4.75. The van der Waals surface area contributed by atoms with E-state index in [1.54, 1.807) is 28.6 Å². The van der Waals surface area contributed by atoms with E-state index in [0.29, 0.717) is 47.8 Å². The molecule has 0 bridgehead atoms. The Morgan fingerprint density at radius 3 is 2.21 bits per heavy atom. The predicted molar refractivity (Wildman–Crippen MR) is 162 cm³/mol. The van der Waals surface area contributed by atoms with E-state index in [1.807, 2.05) is 24.8 Å². The number of rotatable bonds is 8. The molecule has 4 heterocycles. The number of aromatic nitrogens is 2. The lowest BCUT2D eigenvalue weighted by atomic mass is 9.78. The third kappa shape index (κ3) is 5.72. The molecule has 2 atom stereocenters. The highest BCUT2D eigenvalue weighted by atomic mass is 32.2. The third-order valence-electron chi connectivity index (χ3n) is 9.27. The van der Waals surface area contributed by atoms with E-state index in [0.717, 1.165) is 50.3 Å². The Morgan fingerprint density at radius 1 is 0.929 bits per heavy atom. The fraction of sp³-hybridized carbons (Fsp3) is 0.424. The Morgan fingerprint density at radius 2 is 1.57 bits per heavy atom. The number of amides is 1. The molecule has 0 radical (unpaired) electrons. The second-order valence-electron chi connectivity index (χ2n) is 11.9. The van der Waals surface area contributed by atoms with Crippen LogP contribution in [0.4, 0.5) is 0 Å². The van der Waals surface area contributed by atoms with Gasteiger partial charge in [-0.2, -0.15) is 4.31 Å². The van der Waals surface area contributed by atoms with Crippen molar-refractivity contribution in [1.82, 2.24) is 24.1 Å². The van der Waals surface area contributed by atoms with Gasteiger partial charge in [0.15, 0.2) is 0 Å². The molecule has 8 nitrogen and oxygen atoms in total. The van der Waals surface area contributed by atoms with Gasteiger partial charge in [0.2, 0.25) is 10.0 Å². The van der Waals surface area contributed by atoms with Crippen molar-refractivity contribution in [2.24, 2.45) is 11.8 Å². The summed E-state index contributed by atoms with van der Waals surface area (Å²) in [6.07, 6.45) is 6.51. The smallest absolute Gasteiger partial charge is 0.257 e. The van der Waals surface area contributed by atoms with E-state index >= 15 is 0 Å². The van der Waals surface area contributed by atoms with Gasteiger partial charge in [0.05, 0.1) is 21.8 Å². The van der Waals surface area contributed by atoms with Crippen molar-refractivity contribution in [2.75, 3.05) is 39.3 Å². The van der Waals surface area contributed by atoms with Crippen molar-refractivity contribution >= 4 is 15.9 Å². The zero-order valence-electron chi connectivity index (χ0n) is 24.4. The van der Waals surface area contributed by atoms with Gasteiger partial charge in [-0.3, -0.25) is 4.79 Å². The number of piperidine rings is 1. The molecule has 3 aliphatic heterocycles. The second kappa shape index (κ2) is 12.0. The van der Waals surface area contributed by atoms with Crippen LogP contribution in [0, 0.1) is 25.7 Å².